The number of rotatable bonds is 7. The third-order valence-electron chi connectivity index (χ3n) is 4.04. The summed E-state index contributed by atoms with van der Waals surface area (Å²) in [6.45, 7) is 0.287. The minimum absolute atomic E-state index is 0.0322. The number of benzene rings is 1. The van der Waals surface area contributed by atoms with Gasteiger partial charge in [0.05, 0.1) is 6.10 Å². The zero-order valence-electron chi connectivity index (χ0n) is 14.8. The largest absolute Gasteiger partial charge is 0.619 e. The summed E-state index contributed by atoms with van der Waals surface area (Å²) in [7, 11) is -2.09. The molecule has 28 heavy (non-hydrogen) atoms. The molecule has 1 aliphatic heterocycles. The second-order valence-corrected chi connectivity index (χ2v) is 8.44. The van der Waals surface area contributed by atoms with E-state index < -0.39 is 25.5 Å². The summed E-state index contributed by atoms with van der Waals surface area (Å²) in [5, 5.41) is 0.445. The number of nitrogens with zero attached hydrogens (tertiary/aromatic N) is 1. The lowest BCUT2D eigenvalue weighted by molar-refractivity contribution is 0.0200. The number of nitrogens with one attached hydrogen (secondary N) is 1. The van der Waals surface area contributed by atoms with E-state index in [2.05, 4.69) is 4.98 Å². The van der Waals surface area contributed by atoms with Gasteiger partial charge in [-0.05, 0) is 24.6 Å². The smallest absolute Gasteiger partial charge is 0.379 e. The summed E-state index contributed by atoms with van der Waals surface area (Å²) in [5.41, 5.74) is -0.515. The monoisotopic (exact) mass is 451 g/mol. The summed E-state index contributed by atoms with van der Waals surface area (Å²) < 4.78 is 22.9. The van der Waals surface area contributed by atoms with Gasteiger partial charge in [-0.15, -0.1) is 9.05 Å². The highest BCUT2D eigenvalue weighted by molar-refractivity contribution is 7.55. The molecule has 1 aliphatic rings. The fraction of sp³-hybridized carbons (Fsp3) is 0.375. The van der Waals surface area contributed by atoms with E-state index in [9.17, 15) is 14.5 Å². The summed E-state index contributed by atoms with van der Waals surface area (Å²) >= 11 is 11.7. The Kier molecular flexibility index (Phi) is 6.77. The highest BCUT2D eigenvalue weighted by atomic mass is 35.5. The Morgan fingerprint density at radius 1 is 1.39 bits per heavy atom. The van der Waals surface area contributed by atoms with Crippen molar-refractivity contribution in [3.63, 3.8) is 0 Å². The molecule has 0 saturated heterocycles. The topological polar surface area (TPSA) is 112 Å². The normalized spacial score (nSPS) is 19.7. The van der Waals surface area contributed by atoms with Gasteiger partial charge in [0.15, 0.2) is 5.75 Å². The molecule has 0 spiro atoms. The van der Waals surface area contributed by atoms with E-state index in [-0.39, 0.29) is 24.8 Å². The lowest BCUT2D eigenvalue weighted by Crippen LogP contribution is -2.31. The number of H-pyrrole nitrogens is 1. The fourth-order valence-corrected chi connectivity index (χ4v) is 4.12. The molecule has 0 bridgehead atoms. The van der Waals surface area contributed by atoms with Crippen LogP contribution < -0.4 is 15.8 Å². The molecule has 2 atom stereocenters. The molecule has 0 fully saturated rings. The van der Waals surface area contributed by atoms with Crippen molar-refractivity contribution in [3.8, 4) is 5.75 Å². The van der Waals surface area contributed by atoms with Crippen molar-refractivity contribution in [2.24, 2.45) is 0 Å². The highest BCUT2D eigenvalue weighted by Crippen LogP contribution is 2.61. The summed E-state index contributed by atoms with van der Waals surface area (Å²) in [5.74, 6) is 0.440. The van der Waals surface area contributed by atoms with Gasteiger partial charge < -0.3 is 4.74 Å². The van der Waals surface area contributed by atoms with Crippen molar-refractivity contribution in [1.82, 2.24) is 9.55 Å². The van der Waals surface area contributed by atoms with E-state index in [1.54, 1.807) is 18.2 Å². The molecule has 0 amide bonds. The van der Waals surface area contributed by atoms with Gasteiger partial charge in [0.25, 0.3) is 5.56 Å². The maximum atomic E-state index is 11.8. The van der Waals surface area contributed by atoms with Gasteiger partial charge in [0.1, 0.15) is 18.2 Å². The van der Waals surface area contributed by atoms with Crippen molar-refractivity contribution in [2.45, 2.75) is 25.7 Å². The van der Waals surface area contributed by atoms with Crippen LogP contribution in [-0.2, 0) is 26.9 Å². The van der Waals surface area contributed by atoms with Gasteiger partial charge in [-0.3, -0.25) is 18.9 Å². The van der Waals surface area contributed by atoms with Crippen LogP contribution in [0, 0.1) is 0 Å². The average molecular weight is 452 g/mol. The first-order valence-corrected chi connectivity index (χ1v) is 10.5. The summed E-state index contributed by atoms with van der Waals surface area (Å²) in [6.07, 6.45) is 1.14. The van der Waals surface area contributed by atoms with Crippen LogP contribution >= 0.6 is 31.4 Å². The molecule has 1 aromatic carbocycles. The van der Waals surface area contributed by atoms with E-state index in [4.69, 9.17) is 41.5 Å². The second kappa shape index (κ2) is 8.92. The van der Waals surface area contributed by atoms with Crippen LogP contribution in [0.3, 0.4) is 0 Å². The molecule has 9 nitrogen and oxygen atoms in total. The Bertz CT molecular complexity index is 967. The van der Waals surface area contributed by atoms with Crippen molar-refractivity contribution in [1.29, 1.82) is 0 Å². The van der Waals surface area contributed by atoms with Crippen LogP contribution in [0.5, 0.6) is 5.75 Å². The number of aromatic amines is 1. The maximum Gasteiger partial charge on any atom is 0.619 e. The standard InChI is InChI=1S/C16H17Cl2N2O7P/c1-24-12(4-5-20-7-13(18)15(21)19-16(20)22)9-26-28(23)25-8-10-6-11(17)2-3-14(10)27-28/h2-3,6-7,12,23H,4-5,8-9H2,1H3/p+1. The molecule has 2 aromatic rings. The van der Waals surface area contributed by atoms with Crippen molar-refractivity contribution in [2.75, 3.05) is 13.7 Å². The molecule has 2 N–H and O–H groups in total. The van der Waals surface area contributed by atoms with Crippen molar-refractivity contribution in [3.05, 3.63) is 60.8 Å². The van der Waals surface area contributed by atoms with Crippen molar-refractivity contribution >= 4 is 31.4 Å². The lowest BCUT2D eigenvalue weighted by Gasteiger charge is -2.23. The Morgan fingerprint density at radius 2 is 2.18 bits per heavy atom. The first-order valence-electron chi connectivity index (χ1n) is 8.20. The van der Waals surface area contributed by atoms with E-state index >= 15 is 0 Å². The van der Waals surface area contributed by atoms with Crippen LogP contribution in [0.4, 0.5) is 0 Å². The molecular weight excluding hydrogens is 434 g/mol. The zero-order chi connectivity index (χ0) is 20.3. The Balaban J connectivity index is 1.58. The number of fused-ring (bicyclic) bond motifs is 1. The molecule has 2 heterocycles. The zero-order valence-corrected chi connectivity index (χ0v) is 17.2. The Labute approximate surface area is 170 Å². The van der Waals surface area contributed by atoms with E-state index in [1.165, 1.54) is 17.9 Å². The third-order valence-corrected chi connectivity index (χ3v) is 5.90. The maximum absolute atomic E-state index is 11.8. The SMILES string of the molecule is COC(CCn1cc(Cl)c(=O)[nH]c1=O)CO[P+]1(O)OCc2cc(Cl)ccc2O1. The molecular formula is C16H18Cl2N2O7P+. The quantitative estimate of drug-likeness (QED) is 0.621. The number of halogens is 2. The summed E-state index contributed by atoms with van der Waals surface area (Å²) in [4.78, 5) is 35.7. The predicted molar refractivity (Wildman–Crippen MR) is 104 cm³/mol. The number of aryl methyl sites for hydroxylation is 1. The minimum atomic E-state index is -3.56. The lowest BCUT2D eigenvalue weighted by atomic mass is 10.2. The second-order valence-electron chi connectivity index (χ2n) is 5.96. The highest BCUT2D eigenvalue weighted by Gasteiger charge is 2.50. The van der Waals surface area contributed by atoms with E-state index in [0.717, 1.165) is 0 Å². The van der Waals surface area contributed by atoms with Crippen LogP contribution in [-0.4, -0.2) is 34.3 Å². The van der Waals surface area contributed by atoms with Crippen LogP contribution in [0.2, 0.25) is 10.0 Å². The van der Waals surface area contributed by atoms with Crippen LogP contribution in [0.25, 0.3) is 0 Å². The van der Waals surface area contributed by atoms with Gasteiger partial charge in [0, 0.05) is 30.4 Å². The number of methoxy groups -OCH3 is 1. The first kappa shape index (κ1) is 21.3. The van der Waals surface area contributed by atoms with Crippen LogP contribution in [0.1, 0.15) is 12.0 Å². The van der Waals surface area contributed by atoms with Crippen molar-refractivity contribution < 1.29 is 23.2 Å². The Hall–Kier alpha value is -1.45. The van der Waals surface area contributed by atoms with Gasteiger partial charge in [-0.2, -0.15) is 4.89 Å². The van der Waals surface area contributed by atoms with Gasteiger partial charge >= 0.3 is 13.9 Å². The molecule has 1 aromatic heterocycles. The Morgan fingerprint density at radius 3 is 2.93 bits per heavy atom. The third kappa shape index (κ3) is 5.12. The van der Waals surface area contributed by atoms with Gasteiger partial charge in [-0.1, -0.05) is 23.2 Å². The predicted octanol–water partition coefficient (Wildman–Crippen LogP) is 2.54. The number of ether oxygens (including phenoxy) is 1. The molecule has 3 rings (SSSR count). The molecule has 2 unspecified atom stereocenters. The average Bonchev–Trinajstić information content (AvgIpc) is 2.66. The van der Waals surface area contributed by atoms with E-state index in [0.29, 0.717) is 22.8 Å². The van der Waals surface area contributed by atoms with Crippen LogP contribution in [0.15, 0.2) is 34.0 Å². The first-order chi connectivity index (χ1) is 13.3. The molecule has 0 saturated carbocycles. The molecule has 152 valence electrons. The molecule has 12 heteroatoms. The fourth-order valence-electron chi connectivity index (χ4n) is 2.49. The molecule has 0 radical (unpaired) electrons. The summed E-state index contributed by atoms with van der Waals surface area (Å²) in [6, 6.07) is 4.96. The number of hydrogen-bond acceptors (Lipinski definition) is 7. The van der Waals surface area contributed by atoms with Gasteiger partial charge in [0.2, 0.25) is 0 Å². The number of hydrogen-bond donors (Lipinski definition) is 2. The van der Waals surface area contributed by atoms with Gasteiger partial charge in [-0.25, -0.2) is 4.79 Å². The molecule has 0 aliphatic carbocycles. The van der Waals surface area contributed by atoms with E-state index in [1.807, 2.05) is 0 Å². The number of aromatic nitrogens is 2. The minimum Gasteiger partial charge on any atom is -0.379 e.